The van der Waals surface area contributed by atoms with E-state index < -0.39 is 0 Å². The Labute approximate surface area is 191 Å². The van der Waals surface area contributed by atoms with Gasteiger partial charge in [0.25, 0.3) is 0 Å². The van der Waals surface area contributed by atoms with Crippen LogP contribution in [0.5, 0.6) is 0 Å². The fraction of sp³-hybridized carbons (Fsp3) is 0.0323. The summed E-state index contributed by atoms with van der Waals surface area (Å²) in [6.45, 7) is 0. The Kier molecular flexibility index (Phi) is 3.88. The Balaban J connectivity index is 1.51. The molecule has 1 aliphatic carbocycles. The van der Waals surface area contributed by atoms with Crippen LogP contribution in [0.1, 0.15) is 11.1 Å². The van der Waals surface area contributed by atoms with Gasteiger partial charge in [0.2, 0.25) is 0 Å². The zero-order chi connectivity index (χ0) is 21.1. The van der Waals surface area contributed by atoms with Crippen LogP contribution >= 0.6 is 11.3 Å². The van der Waals surface area contributed by atoms with Gasteiger partial charge in [-0.1, -0.05) is 91.0 Å². The quantitative estimate of drug-likeness (QED) is 0.247. The molecule has 0 radical (unpaired) electrons. The van der Waals surface area contributed by atoms with E-state index in [2.05, 4.69) is 109 Å². The molecule has 0 atom stereocenters. The van der Waals surface area contributed by atoms with Gasteiger partial charge in [-0.25, -0.2) is 0 Å². The molecule has 0 bridgehead atoms. The van der Waals surface area contributed by atoms with E-state index in [1.165, 1.54) is 64.7 Å². The topological polar surface area (TPSA) is 0 Å². The van der Waals surface area contributed by atoms with Crippen LogP contribution in [-0.4, -0.2) is 0 Å². The van der Waals surface area contributed by atoms with Crippen LogP contribution in [0.4, 0.5) is 0 Å². The molecule has 0 N–H and O–H groups in total. The molecule has 0 nitrogen and oxygen atoms in total. The van der Waals surface area contributed by atoms with Crippen molar-refractivity contribution in [3.05, 3.63) is 120 Å². The maximum atomic E-state index is 2.42. The first kappa shape index (κ1) is 17.9. The summed E-state index contributed by atoms with van der Waals surface area (Å²) in [5, 5.41) is 2.73. The maximum Gasteiger partial charge on any atom is 0.0361 e. The lowest BCUT2D eigenvalue weighted by Crippen LogP contribution is -1.91. The highest BCUT2D eigenvalue weighted by molar-refractivity contribution is 7.25. The molecule has 5 aromatic carbocycles. The first-order valence-electron chi connectivity index (χ1n) is 11.1. The molecule has 0 spiro atoms. The average molecular weight is 425 g/mol. The number of benzene rings is 5. The Morgan fingerprint density at radius 1 is 0.469 bits per heavy atom. The minimum absolute atomic E-state index is 0.964. The Morgan fingerprint density at radius 2 is 1.12 bits per heavy atom. The maximum absolute atomic E-state index is 2.42. The van der Waals surface area contributed by atoms with E-state index in [-0.39, 0.29) is 0 Å². The summed E-state index contributed by atoms with van der Waals surface area (Å²) >= 11 is 1.88. The van der Waals surface area contributed by atoms with Crippen LogP contribution in [0.2, 0.25) is 0 Å². The number of hydrogen-bond donors (Lipinski definition) is 0. The summed E-state index contributed by atoms with van der Waals surface area (Å²) in [6, 6.07) is 40.3. The number of rotatable bonds is 1. The highest BCUT2D eigenvalue weighted by Gasteiger charge is 2.20. The molecule has 7 rings (SSSR count). The van der Waals surface area contributed by atoms with Gasteiger partial charge >= 0.3 is 0 Å². The summed E-state index contributed by atoms with van der Waals surface area (Å²) in [5.74, 6) is 0. The van der Waals surface area contributed by atoms with Crippen molar-refractivity contribution in [2.75, 3.05) is 0 Å². The minimum Gasteiger partial charge on any atom is -0.135 e. The molecule has 1 heteroatoms. The highest BCUT2D eigenvalue weighted by Crippen LogP contribution is 2.44. The van der Waals surface area contributed by atoms with Crippen LogP contribution < -0.4 is 0 Å². The smallest absolute Gasteiger partial charge is 0.0361 e. The van der Waals surface area contributed by atoms with E-state index in [4.69, 9.17) is 0 Å². The third-order valence-electron chi connectivity index (χ3n) is 6.73. The summed E-state index contributed by atoms with van der Waals surface area (Å²) in [5.41, 5.74) is 10.8. The molecule has 1 aliphatic rings. The van der Waals surface area contributed by atoms with Crippen LogP contribution in [0.3, 0.4) is 0 Å². The number of thiophene rings is 1. The van der Waals surface area contributed by atoms with E-state index in [1.54, 1.807) is 0 Å². The van der Waals surface area contributed by atoms with Gasteiger partial charge in [0.05, 0.1) is 0 Å². The molecule has 32 heavy (non-hydrogen) atoms. The van der Waals surface area contributed by atoms with Crippen molar-refractivity contribution in [3.8, 4) is 33.4 Å². The second kappa shape index (κ2) is 6.91. The molecule has 1 aromatic heterocycles. The molecule has 0 saturated heterocycles. The van der Waals surface area contributed by atoms with Gasteiger partial charge in [-0.15, -0.1) is 11.3 Å². The predicted octanol–water partition coefficient (Wildman–Crippen LogP) is 8.96. The van der Waals surface area contributed by atoms with Crippen molar-refractivity contribution in [2.24, 2.45) is 0 Å². The molecule has 1 heterocycles. The zero-order valence-corrected chi connectivity index (χ0v) is 18.3. The van der Waals surface area contributed by atoms with Crippen LogP contribution in [-0.2, 0) is 6.42 Å². The van der Waals surface area contributed by atoms with Gasteiger partial charge in [0, 0.05) is 20.2 Å². The second-order valence-electron chi connectivity index (χ2n) is 8.53. The van der Waals surface area contributed by atoms with Crippen molar-refractivity contribution in [1.82, 2.24) is 0 Å². The predicted molar refractivity (Wildman–Crippen MR) is 138 cm³/mol. The zero-order valence-electron chi connectivity index (χ0n) is 17.5. The van der Waals surface area contributed by atoms with Crippen LogP contribution in [0, 0.1) is 0 Å². The van der Waals surface area contributed by atoms with E-state index in [0.29, 0.717) is 0 Å². The molecule has 150 valence electrons. The SMILES string of the molecule is c1ccc2c(c1)Cc1ccc(-c3cccc4sc5ccccc5c34)cc1-c1ccccc1-2. The van der Waals surface area contributed by atoms with Gasteiger partial charge < -0.3 is 0 Å². The molecular formula is C31H20S. The van der Waals surface area contributed by atoms with Crippen molar-refractivity contribution >= 4 is 31.5 Å². The standard InChI is InChI=1S/C31H20S/c1-2-9-23-20(8-1)18-21-16-17-22(19-28(21)26-11-4-3-10-25(23)26)24-13-7-15-30-31(24)27-12-5-6-14-29(27)32-30/h1-17,19H,18H2. The minimum atomic E-state index is 0.964. The Hall–Kier alpha value is -3.68. The lowest BCUT2D eigenvalue weighted by molar-refractivity contribution is 1.21. The molecule has 0 fully saturated rings. The lowest BCUT2D eigenvalue weighted by Gasteiger charge is -2.13. The monoisotopic (exact) mass is 424 g/mol. The van der Waals surface area contributed by atoms with Crippen molar-refractivity contribution < 1.29 is 0 Å². The van der Waals surface area contributed by atoms with Crippen molar-refractivity contribution in [3.63, 3.8) is 0 Å². The van der Waals surface area contributed by atoms with E-state index >= 15 is 0 Å². The van der Waals surface area contributed by atoms with E-state index in [1.807, 2.05) is 11.3 Å². The largest absolute Gasteiger partial charge is 0.135 e. The lowest BCUT2D eigenvalue weighted by atomic mass is 9.91. The molecule has 0 amide bonds. The van der Waals surface area contributed by atoms with Crippen LogP contribution in [0.15, 0.2) is 109 Å². The van der Waals surface area contributed by atoms with E-state index in [0.717, 1.165) is 6.42 Å². The van der Waals surface area contributed by atoms with Crippen LogP contribution in [0.25, 0.3) is 53.6 Å². The van der Waals surface area contributed by atoms with Gasteiger partial charge in [-0.3, -0.25) is 0 Å². The molecule has 0 unspecified atom stereocenters. The first-order valence-corrected chi connectivity index (χ1v) is 11.9. The number of hydrogen-bond acceptors (Lipinski definition) is 1. The van der Waals surface area contributed by atoms with Gasteiger partial charge in [0.1, 0.15) is 0 Å². The normalized spacial score (nSPS) is 12.2. The van der Waals surface area contributed by atoms with Gasteiger partial charge in [-0.2, -0.15) is 0 Å². The van der Waals surface area contributed by atoms with Crippen molar-refractivity contribution in [1.29, 1.82) is 0 Å². The summed E-state index contributed by atoms with van der Waals surface area (Å²) in [7, 11) is 0. The molecule has 6 aromatic rings. The Morgan fingerprint density at radius 3 is 2.03 bits per heavy atom. The summed E-state index contributed by atoms with van der Waals surface area (Å²) < 4.78 is 2.71. The van der Waals surface area contributed by atoms with Crippen molar-refractivity contribution in [2.45, 2.75) is 6.42 Å². The van der Waals surface area contributed by atoms with E-state index in [9.17, 15) is 0 Å². The third kappa shape index (κ3) is 2.62. The second-order valence-corrected chi connectivity index (χ2v) is 9.61. The third-order valence-corrected chi connectivity index (χ3v) is 7.87. The number of fused-ring (bicyclic) bond motifs is 8. The molecule has 0 aliphatic heterocycles. The first-order chi connectivity index (χ1) is 15.9. The molecular weight excluding hydrogens is 404 g/mol. The fourth-order valence-electron chi connectivity index (χ4n) is 5.26. The highest BCUT2D eigenvalue weighted by atomic mass is 32.1. The Bertz CT molecular complexity index is 1650. The summed E-state index contributed by atoms with van der Waals surface area (Å²) in [6.07, 6.45) is 0.964. The average Bonchev–Trinajstić information content (AvgIpc) is 3.17. The molecule has 0 saturated carbocycles. The summed E-state index contributed by atoms with van der Waals surface area (Å²) in [4.78, 5) is 0. The van der Waals surface area contributed by atoms with Gasteiger partial charge in [-0.05, 0) is 69.1 Å². The van der Waals surface area contributed by atoms with Gasteiger partial charge in [0.15, 0.2) is 0 Å². The fourth-order valence-corrected chi connectivity index (χ4v) is 6.39.